The van der Waals surface area contributed by atoms with Gasteiger partial charge < -0.3 is 14.6 Å². The summed E-state index contributed by atoms with van der Waals surface area (Å²) in [5.41, 5.74) is 0.285. The zero-order chi connectivity index (χ0) is 14.5. The summed E-state index contributed by atoms with van der Waals surface area (Å²) in [6.45, 7) is 0. The highest BCUT2D eigenvalue weighted by Crippen LogP contribution is 2.36. The molecule has 0 spiro atoms. The molecule has 0 aromatic heterocycles. The van der Waals surface area contributed by atoms with E-state index in [0.717, 1.165) is 4.90 Å². The van der Waals surface area contributed by atoms with Crippen molar-refractivity contribution in [2.75, 3.05) is 14.2 Å². The summed E-state index contributed by atoms with van der Waals surface area (Å²) < 4.78 is 10.4. The average molecular weight is 290 g/mol. The third-order valence-electron chi connectivity index (χ3n) is 2.70. The maximum absolute atomic E-state index is 11.2. The number of ether oxygens (including phenoxy) is 2. The van der Waals surface area contributed by atoms with Gasteiger partial charge in [-0.2, -0.15) is 0 Å². The Hall–Kier alpha value is -2.14. The molecule has 5 heteroatoms. The molecule has 0 aliphatic rings. The predicted octanol–water partition coefficient (Wildman–Crippen LogP) is 3.55. The van der Waals surface area contributed by atoms with Crippen molar-refractivity contribution < 1.29 is 19.4 Å². The van der Waals surface area contributed by atoms with Gasteiger partial charge in [-0.05, 0) is 30.3 Å². The fourth-order valence-electron chi connectivity index (χ4n) is 1.74. The van der Waals surface area contributed by atoms with Crippen LogP contribution in [0.3, 0.4) is 0 Å². The molecule has 0 saturated heterocycles. The van der Waals surface area contributed by atoms with Crippen LogP contribution in [-0.4, -0.2) is 25.3 Å². The summed E-state index contributed by atoms with van der Waals surface area (Å²) in [5.74, 6) is 0.322. The van der Waals surface area contributed by atoms with E-state index in [1.807, 2.05) is 18.2 Å². The fraction of sp³-hybridized carbons (Fsp3) is 0.133. The standard InChI is InChI=1S/C15H14O4S/c1-18-12-8-7-10(9-13(12)19-2)20-14-6-4-3-5-11(14)15(16)17/h3-9H,1-2H3,(H,16,17). The van der Waals surface area contributed by atoms with Gasteiger partial charge in [0.2, 0.25) is 0 Å². The van der Waals surface area contributed by atoms with Crippen LogP contribution in [0.4, 0.5) is 0 Å². The molecular formula is C15H14O4S. The molecule has 4 nitrogen and oxygen atoms in total. The largest absolute Gasteiger partial charge is 0.493 e. The highest BCUT2D eigenvalue weighted by molar-refractivity contribution is 7.99. The van der Waals surface area contributed by atoms with E-state index in [1.165, 1.54) is 11.8 Å². The van der Waals surface area contributed by atoms with Gasteiger partial charge >= 0.3 is 5.97 Å². The van der Waals surface area contributed by atoms with E-state index in [0.29, 0.717) is 16.4 Å². The Labute approximate surface area is 121 Å². The molecule has 0 aliphatic carbocycles. The Morgan fingerprint density at radius 1 is 1.05 bits per heavy atom. The Bertz CT molecular complexity index is 625. The molecule has 2 rings (SSSR count). The first-order valence-electron chi connectivity index (χ1n) is 5.88. The van der Waals surface area contributed by atoms with Crippen LogP contribution < -0.4 is 9.47 Å². The lowest BCUT2D eigenvalue weighted by Gasteiger charge is -2.10. The summed E-state index contributed by atoms with van der Waals surface area (Å²) in [6, 6.07) is 12.4. The third-order valence-corrected chi connectivity index (χ3v) is 3.77. The van der Waals surface area contributed by atoms with Crippen molar-refractivity contribution in [1.29, 1.82) is 0 Å². The molecule has 20 heavy (non-hydrogen) atoms. The minimum atomic E-state index is -0.937. The molecule has 0 saturated carbocycles. The second kappa shape index (κ2) is 6.34. The number of hydrogen-bond donors (Lipinski definition) is 1. The van der Waals surface area contributed by atoms with Crippen LogP contribution in [0.2, 0.25) is 0 Å². The van der Waals surface area contributed by atoms with Gasteiger partial charge in [-0.3, -0.25) is 0 Å². The zero-order valence-corrected chi connectivity index (χ0v) is 11.9. The van der Waals surface area contributed by atoms with E-state index in [4.69, 9.17) is 14.6 Å². The number of rotatable bonds is 5. The molecule has 0 aliphatic heterocycles. The van der Waals surface area contributed by atoms with E-state index in [1.54, 1.807) is 38.5 Å². The number of carboxylic acids is 1. The summed E-state index contributed by atoms with van der Waals surface area (Å²) in [4.78, 5) is 12.8. The second-order valence-corrected chi connectivity index (χ2v) is 5.04. The van der Waals surface area contributed by atoms with Crippen molar-refractivity contribution in [3.63, 3.8) is 0 Å². The molecule has 2 aromatic rings. The van der Waals surface area contributed by atoms with Crippen LogP contribution in [-0.2, 0) is 0 Å². The first kappa shape index (κ1) is 14.3. The quantitative estimate of drug-likeness (QED) is 0.912. The lowest BCUT2D eigenvalue weighted by molar-refractivity contribution is 0.0693. The van der Waals surface area contributed by atoms with Gasteiger partial charge in [-0.1, -0.05) is 23.9 Å². The topological polar surface area (TPSA) is 55.8 Å². The van der Waals surface area contributed by atoms with Gasteiger partial charge in [0, 0.05) is 9.79 Å². The first-order chi connectivity index (χ1) is 9.65. The molecular weight excluding hydrogens is 276 g/mol. The van der Waals surface area contributed by atoms with E-state index in [-0.39, 0.29) is 5.56 Å². The van der Waals surface area contributed by atoms with Crippen LogP contribution in [0.5, 0.6) is 11.5 Å². The van der Waals surface area contributed by atoms with Crippen molar-refractivity contribution >= 4 is 17.7 Å². The maximum atomic E-state index is 11.2. The molecule has 0 fully saturated rings. The van der Waals surface area contributed by atoms with E-state index < -0.39 is 5.97 Å². The maximum Gasteiger partial charge on any atom is 0.336 e. The average Bonchev–Trinajstić information content (AvgIpc) is 2.47. The predicted molar refractivity (Wildman–Crippen MR) is 77.1 cm³/mol. The number of aromatic carboxylic acids is 1. The Morgan fingerprint density at radius 3 is 2.40 bits per heavy atom. The number of methoxy groups -OCH3 is 2. The lowest BCUT2D eigenvalue weighted by atomic mass is 10.2. The van der Waals surface area contributed by atoms with Crippen LogP contribution in [0.15, 0.2) is 52.3 Å². The second-order valence-electron chi connectivity index (χ2n) is 3.92. The SMILES string of the molecule is COc1ccc(Sc2ccccc2C(=O)O)cc1OC. The van der Waals surface area contributed by atoms with Crippen molar-refractivity contribution in [1.82, 2.24) is 0 Å². The molecule has 0 bridgehead atoms. The highest BCUT2D eigenvalue weighted by atomic mass is 32.2. The van der Waals surface area contributed by atoms with Crippen LogP contribution >= 0.6 is 11.8 Å². The Balaban J connectivity index is 2.33. The molecule has 0 atom stereocenters. The fourth-order valence-corrected chi connectivity index (χ4v) is 2.71. The van der Waals surface area contributed by atoms with Crippen LogP contribution in [0, 0.1) is 0 Å². The third kappa shape index (κ3) is 3.05. The van der Waals surface area contributed by atoms with Crippen LogP contribution in [0.25, 0.3) is 0 Å². The summed E-state index contributed by atoms with van der Waals surface area (Å²) in [7, 11) is 3.14. The minimum Gasteiger partial charge on any atom is -0.493 e. The number of carboxylic acid groups (broad SMARTS) is 1. The molecule has 104 valence electrons. The zero-order valence-electron chi connectivity index (χ0n) is 11.1. The van der Waals surface area contributed by atoms with Gasteiger partial charge in [-0.25, -0.2) is 4.79 Å². The number of carbonyl (C=O) groups is 1. The Morgan fingerprint density at radius 2 is 1.75 bits per heavy atom. The van der Waals surface area contributed by atoms with Crippen molar-refractivity contribution in [3.05, 3.63) is 48.0 Å². The van der Waals surface area contributed by atoms with Gasteiger partial charge in [0.15, 0.2) is 11.5 Å². The van der Waals surface area contributed by atoms with Crippen LogP contribution in [0.1, 0.15) is 10.4 Å². The van der Waals surface area contributed by atoms with Crippen molar-refractivity contribution in [3.8, 4) is 11.5 Å². The van der Waals surface area contributed by atoms with E-state index in [9.17, 15) is 4.79 Å². The van der Waals surface area contributed by atoms with Gasteiger partial charge in [0.25, 0.3) is 0 Å². The van der Waals surface area contributed by atoms with Gasteiger partial charge in [-0.15, -0.1) is 0 Å². The lowest BCUT2D eigenvalue weighted by Crippen LogP contribution is -1.98. The Kier molecular flexibility index (Phi) is 4.53. The minimum absolute atomic E-state index is 0.285. The molecule has 0 radical (unpaired) electrons. The molecule has 2 aromatic carbocycles. The van der Waals surface area contributed by atoms with Crippen molar-refractivity contribution in [2.24, 2.45) is 0 Å². The monoisotopic (exact) mass is 290 g/mol. The van der Waals surface area contributed by atoms with Gasteiger partial charge in [0.05, 0.1) is 19.8 Å². The summed E-state index contributed by atoms with van der Waals surface area (Å²) in [5, 5.41) is 9.17. The first-order valence-corrected chi connectivity index (χ1v) is 6.69. The van der Waals surface area contributed by atoms with Gasteiger partial charge in [0.1, 0.15) is 0 Å². The summed E-state index contributed by atoms with van der Waals surface area (Å²) >= 11 is 1.37. The highest BCUT2D eigenvalue weighted by Gasteiger charge is 2.11. The smallest absolute Gasteiger partial charge is 0.336 e. The van der Waals surface area contributed by atoms with Crippen molar-refractivity contribution in [2.45, 2.75) is 9.79 Å². The molecule has 0 heterocycles. The number of hydrogen-bond acceptors (Lipinski definition) is 4. The van der Waals surface area contributed by atoms with E-state index >= 15 is 0 Å². The molecule has 0 unspecified atom stereocenters. The normalized spacial score (nSPS) is 10.1. The van der Waals surface area contributed by atoms with E-state index in [2.05, 4.69) is 0 Å². The molecule has 0 amide bonds. The molecule has 1 N–H and O–H groups in total. The number of benzene rings is 2. The summed E-state index contributed by atoms with van der Waals surface area (Å²) in [6.07, 6.45) is 0.